The van der Waals surface area contributed by atoms with Crippen LogP contribution in [0.3, 0.4) is 0 Å². The predicted octanol–water partition coefficient (Wildman–Crippen LogP) is 3.75. The van der Waals surface area contributed by atoms with E-state index in [0.29, 0.717) is 17.9 Å². The SMILES string of the molecule is C=C(C=N/C=C(\C)F)[C@@H](c1ccc(F)cc1)[C@H]1Cn2ccnc2-c2c(O)c(=O)cnn21. The third-order valence-corrected chi connectivity index (χ3v) is 5.12. The third-order valence-electron chi connectivity index (χ3n) is 5.12. The standard InChI is InChI=1S/C22H19F2N5O2/c1-13(9-25-10-14(2)23)19(15-3-5-16(24)6-4-15)17-12-28-8-7-26-22(28)20-21(31)18(30)11-27-29(17)20/h3-11,17,19,31H,1,12H2,2H3/b14-10+,25-9?/t17-,19+/m1/s1. The summed E-state index contributed by atoms with van der Waals surface area (Å²) in [4.78, 5) is 20.3. The van der Waals surface area contributed by atoms with Gasteiger partial charge in [0.1, 0.15) is 17.3 Å². The third kappa shape index (κ3) is 3.81. The lowest BCUT2D eigenvalue weighted by Crippen LogP contribution is -2.32. The number of fused-ring (bicyclic) bond motifs is 3. The first-order valence-electron chi connectivity index (χ1n) is 9.49. The Morgan fingerprint density at radius 2 is 2.13 bits per heavy atom. The fraction of sp³-hybridized carbons (Fsp3) is 0.182. The van der Waals surface area contributed by atoms with Crippen LogP contribution in [0.25, 0.3) is 11.5 Å². The zero-order valence-corrected chi connectivity index (χ0v) is 16.6. The predicted molar refractivity (Wildman–Crippen MR) is 112 cm³/mol. The Labute approximate surface area is 176 Å². The summed E-state index contributed by atoms with van der Waals surface area (Å²) in [5.41, 5.74) is 0.802. The minimum atomic E-state index is -0.622. The lowest BCUT2D eigenvalue weighted by Gasteiger charge is -2.34. The van der Waals surface area contributed by atoms with Gasteiger partial charge in [-0.3, -0.25) is 14.5 Å². The number of hydrogen-bond donors (Lipinski definition) is 1. The Bertz CT molecular complexity index is 1250. The van der Waals surface area contributed by atoms with Gasteiger partial charge in [-0.15, -0.1) is 0 Å². The molecule has 1 aliphatic rings. The van der Waals surface area contributed by atoms with E-state index in [1.54, 1.807) is 29.1 Å². The van der Waals surface area contributed by atoms with Crippen LogP contribution in [0, 0.1) is 5.82 Å². The van der Waals surface area contributed by atoms with Crippen molar-refractivity contribution >= 4 is 6.21 Å². The second-order valence-corrected chi connectivity index (χ2v) is 7.22. The Morgan fingerprint density at radius 3 is 2.84 bits per heavy atom. The van der Waals surface area contributed by atoms with Crippen molar-refractivity contribution in [3.63, 3.8) is 0 Å². The van der Waals surface area contributed by atoms with E-state index >= 15 is 0 Å². The molecule has 0 saturated carbocycles. The molecule has 0 saturated heterocycles. The minimum absolute atomic E-state index is 0.185. The molecule has 0 radical (unpaired) electrons. The Balaban J connectivity index is 1.88. The number of aromatic hydroxyl groups is 1. The number of aliphatic imine (C=N–C) groups is 1. The van der Waals surface area contributed by atoms with E-state index in [1.165, 1.54) is 30.0 Å². The van der Waals surface area contributed by atoms with Gasteiger partial charge < -0.3 is 9.67 Å². The molecule has 2 aromatic heterocycles. The van der Waals surface area contributed by atoms with E-state index < -0.39 is 34.8 Å². The Kier molecular flexibility index (Phi) is 5.33. The maximum atomic E-state index is 13.6. The highest BCUT2D eigenvalue weighted by Crippen LogP contribution is 2.41. The number of benzene rings is 1. The molecule has 0 bridgehead atoms. The molecule has 31 heavy (non-hydrogen) atoms. The van der Waals surface area contributed by atoms with E-state index in [1.807, 2.05) is 0 Å². The number of nitrogens with zero attached hydrogens (tertiary/aromatic N) is 5. The second-order valence-electron chi connectivity index (χ2n) is 7.22. The maximum absolute atomic E-state index is 13.6. The van der Waals surface area contributed by atoms with Gasteiger partial charge in [0, 0.05) is 31.1 Å². The molecule has 1 N–H and O–H groups in total. The van der Waals surface area contributed by atoms with Gasteiger partial charge in [0.2, 0.25) is 5.43 Å². The topological polar surface area (TPSA) is 85.3 Å². The molecule has 3 aromatic rings. The molecule has 0 unspecified atom stereocenters. The van der Waals surface area contributed by atoms with Gasteiger partial charge in [-0.05, 0) is 30.2 Å². The number of allylic oxidation sites excluding steroid dienone is 2. The van der Waals surface area contributed by atoms with Crippen molar-refractivity contribution in [2.75, 3.05) is 0 Å². The lowest BCUT2D eigenvalue weighted by atomic mass is 9.84. The fourth-order valence-electron chi connectivity index (χ4n) is 3.79. The highest BCUT2D eigenvalue weighted by molar-refractivity contribution is 5.81. The minimum Gasteiger partial charge on any atom is -0.503 e. The molecule has 9 heteroatoms. The highest BCUT2D eigenvalue weighted by Gasteiger charge is 2.35. The quantitative estimate of drug-likeness (QED) is 0.634. The molecule has 0 fully saturated rings. The monoisotopic (exact) mass is 423 g/mol. The van der Waals surface area contributed by atoms with Crippen molar-refractivity contribution in [3.05, 3.63) is 88.6 Å². The lowest BCUT2D eigenvalue weighted by molar-refractivity contribution is 0.333. The largest absolute Gasteiger partial charge is 0.503 e. The van der Waals surface area contributed by atoms with Crippen molar-refractivity contribution in [2.45, 2.75) is 25.4 Å². The average Bonchev–Trinajstić information content (AvgIpc) is 3.20. The first-order chi connectivity index (χ1) is 14.9. The summed E-state index contributed by atoms with van der Waals surface area (Å²) in [5.74, 6) is -1.37. The number of halogens is 2. The molecule has 1 aliphatic heterocycles. The van der Waals surface area contributed by atoms with Gasteiger partial charge in [-0.2, -0.15) is 5.10 Å². The van der Waals surface area contributed by atoms with Gasteiger partial charge in [0.05, 0.1) is 18.4 Å². The van der Waals surface area contributed by atoms with Gasteiger partial charge in [0.25, 0.3) is 0 Å². The van der Waals surface area contributed by atoms with E-state index in [9.17, 15) is 18.7 Å². The summed E-state index contributed by atoms with van der Waals surface area (Å²) in [6.45, 7) is 5.77. The zero-order valence-electron chi connectivity index (χ0n) is 16.6. The average molecular weight is 423 g/mol. The number of aromatic nitrogens is 4. The molecular formula is C22H19F2N5O2. The van der Waals surface area contributed by atoms with Crippen molar-refractivity contribution < 1.29 is 13.9 Å². The van der Waals surface area contributed by atoms with E-state index in [2.05, 4.69) is 21.7 Å². The number of hydrogen-bond acceptors (Lipinski definition) is 5. The van der Waals surface area contributed by atoms with Crippen LogP contribution in [0.5, 0.6) is 5.75 Å². The summed E-state index contributed by atoms with van der Waals surface area (Å²) < 4.78 is 30.0. The second kappa shape index (κ2) is 8.10. The van der Waals surface area contributed by atoms with Crippen LogP contribution in [0.1, 0.15) is 24.4 Å². The highest BCUT2D eigenvalue weighted by atomic mass is 19.1. The van der Waals surface area contributed by atoms with Crippen LogP contribution in [0.2, 0.25) is 0 Å². The van der Waals surface area contributed by atoms with Gasteiger partial charge in [-0.1, -0.05) is 18.7 Å². The molecule has 3 heterocycles. The van der Waals surface area contributed by atoms with Crippen molar-refractivity contribution in [3.8, 4) is 17.3 Å². The molecular weight excluding hydrogens is 404 g/mol. The maximum Gasteiger partial charge on any atom is 0.242 e. The zero-order chi connectivity index (χ0) is 22.1. The molecule has 0 spiro atoms. The van der Waals surface area contributed by atoms with E-state index in [0.717, 1.165) is 18.0 Å². The van der Waals surface area contributed by atoms with Gasteiger partial charge >= 0.3 is 0 Å². The Morgan fingerprint density at radius 1 is 1.39 bits per heavy atom. The molecule has 1 aromatic carbocycles. The van der Waals surface area contributed by atoms with Crippen molar-refractivity contribution in [1.82, 2.24) is 19.3 Å². The van der Waals surface area contributed by atoms with Crippen LogP contribution in [0.4, 0.5) is 8.78 Å². The Hall–Kier alpha value is -3.88. The molecule has 0 amide bonds. The van der Waals surface area contributed by atoms with Crippen LogP contribution < -0.4 is 5.43 Å². The summed E-state index contributed by atoms with van der Waals surface area (Å²) in [6.07, 6.45) is 6.84. The fourth-order valence-corrected chi connectivity index (χ4v) is 3.79. The van der Waals surface area contributed by atoms with Gasteiger partial charge in [-0.25, -0.2) is 13.8 Å². The van der Waals surface area contributed by atoms with Crippen molar-refractivity contribution in [2.24, 2.45) is 4.99 Å². The summed E-state index contributed by atoms with van der Waals surface area (Å²) in [5, 5.41) is 14.7. The number of rotatable bonds is 5. The molecule has 2 atom stereocenters. The summed E-state index contributed by atoms with van der Waals surface area (Å²) in [6, 6.07) is 5.46. The molecule has 158 valence electrons. The van der Waals surface area contributed by atoms with Crippen LogP contribution in [0.15, 0.2) is 76.8 Å². The number of imidazole rings is 1. The molecule has 7 nitrogen and oxygen atoms in total. The molecule has 4 rings (SSSR count). The summed E-state index contributed by atoms with van der Waals surface area (Å²) in [7, 11) is 0. The summed E-state index contributed by atoms with van der Waals surface area (Å²) >= 11 is 0. The van der Waals surface area contributed by atoms with Crippen LogP contribution in [-0.2, 0) is 6.54 Å². The van der Waals surface area contributed by atoms with E-state index in [4.69, 9.17) is 0 Å². The first kappa shape index (κ1) is 20.4. The van der Waals surface area contributed by atoms with E-state index in [-0.39, 0.29) is 5.69 Å². The van der Waals surface area contributed by atoms with Gasteiger partial charge in [0.15, 0.2) is 11.6 Å². The molecule has 0 aliphatic carbocycles. The normalized spacial score (nSPS) is 16.7. The van der Waals surface area contributed by atoms with Crippen molar-refractivity contribution in [1.29, 1.82) is 0 Å². The van der Waals surface area contributed by atoms with Crippen LogP contribution >= 0.6 is 0 Å². The van der Waals surface area contributed by atoms with Crippen LogP contribution in [-0.4, -0.2) is 30.7 Å². The smallest absolute Gasteiger partial charge is 0.242 e. The first-order valence-corrected chi connectivity index (χ1v) is 9.49.